The summed E-state index contributed by atoms with van der Waals surface area (Å²) in [7, 11) is 2.63. The topological polar surface area (TPSA) is 0 Å². The molecule has 0 amide bonds. The second kappa shape index (κ2) is 2.09. The van der Waals surface area contributed by atoms with E-state index in [1.54, 1.807) is 0 Å². The largest absolute Gasteiger partial charge is 0.106 e. The molecule has 0 radical (unpaired) electrons. The van der Waals surface area contributed by atoms with Crippen molar-refractivity contribution in [3.63, 3.8) is 0 Å². The van der Waals surface area contributed by atoms with Crippen molar-refractivity contribution in [1.29, 1.82) is 0 Å². The van der Waals surface area contributed by atoms with Crippen molar-refractivity contribution < 1.29 is 2.85 Å². The molecule has 0 aliphatic rings. The van der Waals surface area contributed by atoms with Crippen LogP contribution in [0.5, 0.6) is 0 Å². The molecule has 0 N–H and O–H groups in total. The molecular weight excluding hydrogens is 103 g/mol. The predicted octanol–water partition coefficient (Wildman–Crippen LogP) is 1.68. The summed E-state index contributed by atoms with van der Waals surface area (Å²) in [6.45, 7) is 0. The molecule has 0 saturated carbocycles. The van der Waals surface area contributed by atoms with Crippen LogP contribution in [-0.4, -0.2) is 0 Å². The van der Waals surface area contributed by atoms with Crippen molar-refractivity contribution in [2.24, 2.45) is 0 Å². The summed E-state index contributed by atoms with van der Waals surface area (Å²) in [5.74, 6) is 0. The Morgan fingerprint density at radius 2 is 1.71 bits per heavy atom. The number of hydrogen-bond donors (Lipinski definition) is 0. The lowest BCUT2D eigenvalue weighted by Crippen LogP contribution is -1.82. The molecule has 7 heavy (non-hydrogen) atoms. The van der Waals surface area contributed by atoms with Crippen molar-refractivity contribution in [3.8, 4) is 0 Å². The summed E-state index contributed by atoms with van der Waals surface area (Å²) >= 11 is 0. The van der Waals surface area contributed by atoms with Gasteiger partial charge in [0.1, 0.15) is 0 Å². The smallest absolute Gasteiger partial charge is 0 e. The van der Waals surface area contributed by atoms with E-state index in [1.165, 1.54) is 5.30 Å². The molecule has 0 nitrogen and oxygen atoms in total. The molecule has 1 rings (SSSR count). The molecule has 0 aliphatic carbocycles. The summed E-state index contributed by atoms with van der Waals surface area (Å²) in [6, 6.07) is 10.1. The van der Waals surface area contributed by atoms with Crippen molar-refractivity contribution in [3.05, 3.63) is 30.3 Å². The van der Waals surface area contributed by atoms with Gasteiger partial charge in [-0.3, -0.25) is 0 Å². The van der Waals surface area contributed by atoms with Crippen LogP contribution in [-0.2, 0) is 0 Å². The van der Waals surface area contributed by atoms with Crippen LogP contribution in [0.4, 0.5) is 0 Å². The fourth-order valence-electron chi connectivity index (χ4n) is 0.453. The zero-order valence-corrected chi connectivity index (χ0v) is 5.12. The third-order valence-electron chi connectivity index (χ3n) is 0.800. The van der Waals surface area contributed by atoms with E-state index in [9.17, 15) is 0 Å². The van der Waals surface area contributed by atoms with Gasteiger partial charge in [0.2, 0.25) is 0 Å². The lowest BCUT2D eigenvalue weighted by Gasteiger charge is -1.82. The Morgan fingerprint density at radius 1 is 1.14 bits per heavy atom. The third kappa shape index (κ3) is 1.29. The molecule has 1 atom stereocenters. The van der Waals surface area contributed by atoms with E-state index in [4.69, 9.17) is 0 Å². The fourth-order valence-corrected chi connectivity index (χ4v) is 0.675. The number of benzene rings is 1. The minimum atomic E-state index is 0. The Balaban J connectivity index is 0. The van der Waals surface area contributed by atoms with Gasteiger partial charge in [-0.05, 0) is 5.30 Å². The summed E-state index contributed by atoms with van der Waals surface area (Å²) in [5, 5.41) is 1.24. The minimum absolute atomic E-state index is 0. The molecule has 0 fully saturated rings. The van der Waals surface area contributed by atoms with E-state index in [1.807, 2.05) is 30.3 Å². The molecule has 0 aromatic heterocycles. The summed E-state index contributed by atoms with van der Waals surface area (Å²) in [5.41, 5.74) is 0. The summed E-state index contributed by atoms with van der Waals surface area (Å²) < 4.78 is 0. The summed E-state index contributed by atoms with van der Waals surface area (Å²) in [6.07, 6.45) is 0. The van der Waals surface area contributed by atoms with E-state index >= 15 is 0 Å². The molecule has 1 unspecified atom stereocenters. The second-order valence-corrected chi connectivity index (χ2v) is 2.08. The first-order valence-electron chi connectivity index (χ1n) is 2.20. The van der Waals surface area contributed by atoms with Crippen LogP contribution in [0, 0.1) is 0 Å². The highest BCUT2D eigenvalue weighted by atomic mass is 31.0. The Morgan fingerprint density at radius 3 is 2.00 bits per heavy atom. The first-order valence-corrected chi connectivity index (χ1v) is 2.78. The van der Waals surface area contributed by atoms with E-state index < -0.39 is 0 Å². The first-order chi connectivity index (χ1) is 3.39. The Kier molecular flexibility index (Phi) is 1.43. The molecule has 0 spiro atoms. The second-order valence-electron chi connectivity index (χ2n) is 1.41. The van der Waals surface area contributed by atoms with Gasteiger partial charge in [-0.2, -0.15) is 0 Å². The molecular formula is C6H11P. The molecule has 0 bridgehead atoms. The van der Waals surface area contributed by atoms with Crippen LogP contribution in [0.2, 0.25) is 0 Å². The Labute approximate surface area is 48.7 Å². The normalized spacial score (nSPS) is 8.71. The molecule has 1 aromatic carbocycles. The van der Waals surface area contributed by atoms with Crippen molar-refractivity contribution in [1.82, 2.24) is 0 Å². The quantitative estimate of drug-likeness (QED) is 0.450. The van der Waals surface area contributed by atoms with Crippen LogP contribution in [0.1, 0.15) is 2.85 Å². The fraction of sp³-hybridized carbons (Fsp3) is 0. The highest BCUT2D eigenvalue weighted by molar-refractivity contribution is 7.27. The Hall–Kier alpha value is -0.350. The van der Waals surface area contributed by atoms with Crippen molar-refractivity contribution in [2.75, 3.05) is 0 Å². The Bertz CT molecular complexity index is 141. The SMILES string of the molecule is Pc1ccccc1.[HH].[HH]. The molecule has 0 saturated heterocycles. The molecule has 1 heteroatoms. The maximum absolute atomic E-state index is 2.63. The van der Waals surface area contributed by atoms with Crippen LogP contribution in [0.15, 0.2) is 30.3 Å². The van der Waals surface area contributed by atoms with Gasteiger partial charge in [0.25, 0.3) is 0 Å². The summed E-state index contributed by atoms with van der Waals surface area (Å²) in [4.78, 5) is 0. The minimum Gasteiger partial charge on any atom is -0.106 e. The zero-order chi connectivity index (χ0) is 5.11. The van der Waals surface area contributed by atoms with Crippen LogP contribution < -0.4 is 5.30 Å². The maximum atomic E-state index is 2.63. The molecule has 1 aromatic rings. The predicted molar refractivity (Wildman–Crippen MR) is 40.0 cm³/mol. The van der Waals surface area contributed by atoms with Gasteiger partial charge >= 0.3 is 0 Å². The number of rotatable bonds is 0. The van der Waals surface area contributed by atoms with Crippen LogP contribution in [0.3, 0.4) is 0 Å². The molecule has 0 aliphatic heterocycles. The number of hydrogen-bond acceptors (Lipinski definition) is 0. The highest BCUT2D eigenvalue weighted by Gasteiger charge is 1.72. The van der Waals surface area contributed by atoms with E-state index in [2.05, 4.69) is 9.24 Å². The maximum Gasteiger partial charge on any atom is 0 e. The van der Waals surface area contributed by atoms with Gasteiger partial charge in [0.15, 0.2) is 0 Å². The van der Waals surface area contributed by atoms with Crippen molar-refractivity contribution >= 4 is 14.5 Å². The van der Waals surface area contributed by atoms with Crippen molar-refractivity contribution in [2.45, 2.75) is 0 Å². The molecule has 0 heterocycles. The van der Waals surface area contributed by atoms with E-state index in [0.717, 1.165) is 0 Å². The van der Waals surface area contributed by atoms with Crippen LogP contribution >= 0.6 is 9.24 Å². The molecule has 40 valence electrons. The van der Waals surface area contributed by atoms with Gasteiger partial charge < -0.3 is 0 Å². The van der Waals surface area contributed by atoms with Gasteiger partial charge in [0, 0.05) is 2.85 Å². The van der Waals surface area contributed by atoms with E-state index in [-0.39, 0.29) is 2.85 Å². The first kappa shape index (κ1) is 4.80. The van der Waals surface area contributed by atoms with Gasteiger partial charge in [-0.1, -0.05) is 30.3 Å². The lowest BCUT2D eigenvalue weighted by atomic mass is 10.4. The zero-order valence-electron chi connectivity index (χ0n) is 3.96. The van der Waals surface area contributed by atoms with Gasteiger partial charge in [0.05, 0.1) is 0 Å². The van der Waals surface area contributed by atoms with Gasteiger partial charge in [-0.25, -0.2) is 0 Å². The third-order valence-corrected chi connectivity index (χ3v) is 1.18. The van der Waals surface area contributed by atoms with Gasteiger partial charge in [-0.15, -0.1) is 9.24 Å². The average Bonchev–Trinajstić information content (AvgIpc) is 1.69. The lowest BCUT2D eigenvalue weighted by molar-refractivity contribution is 1.78. The van der Waals surface area contributed by atoms with E-state index in [0.29, 0.717) is 0 Å². The van der Waals surface area contributed by atoms with Crippen LogP contribution in [0.25, 0.3) is 0 Å². The average molecular weight is 114 g/mol. The highest BCUT2D eigenvalue weighted by Crippen LogP contribution is 1.86. The monoisotopic (exact) mass is 114 g/mol. The standard InChI is InChI=1S/C6H7P.2H2/c7-6-4-2-1-3-5-6;;/h1-5H,7H2;2*1H.